The van der Waals surface area contributed by atoms with Gasteiger partial charge in [0.1, 0.15) is 10.6 Å². The second kappa shape index (κ2) is 9.49. The Bertz CT molecular complexity index is 1060. The number of amides is 1. The molecule has 0 radical (unpaired) electrons. The maximum absolute atomic E-state index is 13.0. The number of benzene rings is 2. The van der Waals surface area contributed by atoms with Crippen LogP contribution in [0.1, 0.15) is 35.7 Å². The summed E-state index contributed by atoms with van der Waals surface area (Å²) in [5.41, 5.74) is 1.66. The van der Waals surface area contributed by atoms with Crippen molar-refractivity contribution in [2.75, 3.05) is 25.5 Å². The largest absolute Gasteiger partial charge is 0.495 e. The van der Waals surface area contributed by atoms with Crippen molar-refractivity contribution in [3.05, 3.63) is 53.6 Å². The predicted molar refractivity (Wildman–Crippen MR) is 116 cm³/mol. The van der Waals surface area contributed by atoms with Crippen molar-refractivity contribution in [3.8, 4) is 5.75 Å². The molecule has 1 aliphatic rings. The minimum Gasteiger partial charge on any atom is -0.495 e. The number of aryl methyl sites for hydroxylation is 1. The first-order valence-electron chi connectivity index (χ1n) is 9.99. The van der Waals surface area contributed by atoms with Gasteiger partial charge in [0, 0.05) is 18.8 Å². The van der Waals surface area contributed by atoms with E-state index in [1.54, 1.807) is 12.1 Å². The number of carbonyl (C=O) groups excluding carboxylic acids is 2. The molecule has 0 aliphatic carbocycles. The first-order chi connectivity index (χ1) is 14.7. The fourth-order valence-corrected chi connectivity index (χ4v) is 4.93. The third-order valence-electron chi connectivity index (χ3n) is 5.05. The molecule has 0 saturated carbocycles. The molecule has 0 bridgehead atoms. The predicted octanol–water partition coefficient (Wildman–Crippen LogP) is 2.97. The number of anilines is 1. The van der Waals surface area contributed by atoms with Gasteiger partial charge in [-0.15, -0.1) is 0 Å². The molecular weight excluding hydrogens is 420 g/mol. The van der Waals surface area contributed by atoms with Gasteiger partial charge in [-0.1, -0.05) is 17.7 Å². The maximum Gasteiger partial charge on any atom is 0.338 e. The van der Waals surface area contributed by atoms with Crippen LogP contribution in [-0.4, -0.2) is 50.9 Å². The van der Waals surface area contributed by atoms with E-state index in [0.717, 1.165) is 18.4 Å². The molecule has 9 heteroatoms. The molecule has 31 heavy (non-hydrogen) atoms. The second-order valence-corrected chi connectivity index (χ2v) is 9.29. The summed E-state index contributed by atoms with van der Waals surface area (Å²) in [5.74, 6) is -1.14. The van der Waals surface area contributed by atoms with E-state index in [1.165, 1.54) is 36.5 Å². The van der Waals surface area contributed by atoms with Gasteiger partial charge >= 0.3 is 5.97 Å². The van der Waals surface area contributed by atoms with Crippen molar-refractivity contribution < 1.29 is 27.5 Å². The fraction of sp³-hybridized carbons (Fsp3) is 0.364. The van der Waals surface area contributed by atoms with Crippen molar-refractivity contribution >= 4 is 27.6 Å². The lowest BCUT2D eigenvalue weighted by Crippen LogP contribution is -2.30. The fourth-order valence-electron chi connectivity index (χ4n) is 3.24. The molecule has 166 valence electrons. The van der Waals surface area contributed by atoms with Gasteiger partial charge in [0.25, 0.3) is 5.91 Å². The lowest BCUT2D eigenvalue weighted by molar-refractivity contribution is -0.123. The average Bonchev–Trinajstić information content (AvgIpc) is 3.30. The third kappa shape index (κ3) is 5.23. The van der Waals surface area contributed by atoms with E-state index >= 15 is 0 Å². The van der Waals surface area contributed by atoms with Gasteiger partial charge in [0.2, 0.25) is 10.0 Å². The number of ether oxygens (including phenoxy) is 2. The van der Waals surface area contributed by atoms with Crippen LogP contribution >= 0.6 is 0 Å². The summed E-state index contributed by atoms with van der Waals surface area (Å²) >= 11 is 0. The van der Waals surface area contributed by atoms with Crippen LogP contribution in [0.3, 0.4) is 0 Å². The summed E-state index contributed by atoms with van der Waals surface area (Å²) in [4.78, 5) is 24.9. The highest BCUT2D eigenvalue weighted by Crippen LogP contribution is 2.30. The van der Waals surface area contributed by atoms with Crippen molar-refractivity contribution in [2.24, 2.45) is 0 Å². The Hall–Kier alpha value is -2.91. The molecule has 8 nitrogen and oxygen atoms in total. The van der Waals surface area contributed by atoms with Crippen LogP contribution in [0, 0.1) is 6.92 Å². The molecule has 0 aromatic heterocycles. The van der Waals surface area contributed by atoms with Gasteiger partial charge in [-0.25, -0.2) is 13.2 Å². The molecular formula is C22H26N2O6S. The summed E-state index contributed by atoms with van der Waals surface area (Å²) < 4.78 is 37.8. The lowest BCUT2D eigenvalue weighted by Gasteiger charge is -2.18. The molecule has 3 rings (SSSR count). The molecule has 2 aromatic carbocycles. The Morgan fingerprint density at radius 3 is 2.32 bits per heavy atom. The number of sulfonamides is 1. The molecule has 1 saturated heterocycles. The molecule has 1 amide bonds. The molecule has 1 N–H and O–H groups in total. The van der Waals surface area contributed by atoms with Crippen LogP contribution in [0.4, 0.5) is 5.69 Å². The van der Waals surface area contributed by atoms with E-state index in [1.807, 2.05) is 19.1 Å². The van der Waals surface area contributed by atoms with Gasteiger partial charge in [0.15, 0.2) is 6.10 Å². The van der Waals surface area contributed by atoms with Crippen LogP contribution in [0.25, 0.3) is 0 Å². The first kappa shape index (κ1) is 22.8. The topological polar surface area (TPSA) is 102 Å². The molecule has 0 unspecified atom stereocenters. The number of hydrogen-bond acceptors (Lipinski definition) is 6. The van der Waals surface area contributed by atoms with Gasteiger partial charge in [-0.3, -0.25) is 4.79 Å². The van der Waals surface area contributed by atoms with E-state index < -0.39 is 28.0 Å². The first-order valence-corrected chi connectivity index (χ1v) is 11.4. The third-order valence-corrected chi connectivity index (χ3v) is 6.97. The Morgan fingerprint density at radius 2 is 1.71 bits per heavy atom. The maximum atomic E-state index is 13.0. The zero-order valence-corrected chi connectivity index (χ0v) is 18.6. The minimum absolute atomic E-state index is 0.0218. The van der Waals surface area contributed by atoms with E-state index in [-0.39, 0.29) is 16.2 Å². The number of carbonyl (C=O) groups is 2. The van der Waals surface area contributed by atoms with Gasteiger partial charge in [0.05, 0.1) is 12.7 Å². The van der Waals surface area contributed by atoms with Crippen LogP contribution in [0.2, 0.25) is 0 Å². The zero-order valence-electron chi connectivity index (χ0n) is 17.8. The smallest absolute Gasteiger partial charge is 0.338 e. The standard InChI is InChI=1S/C22H26N2O6S/c1-15-6-9-18(10-7-15)23-21(25)16(2)30-22(26)17-8-11-19(29-3)20(14-17)31(27,28)24-12-4-5-13-24/h6-11,14,16H,4-5,12-13H2,1-3H3,(H,23,25)/t16-/m1/s1. The molecule has 1 aliphatic heterocycles. The zero-order chi connectivity index (χ0) is 22.6. The minimum atomic E-state index is -3.81. The van der Waals surface area contributed by atoms with E-state index in [0.29, 0.717) is 18.8 Å². The van der Waals surface area contributed by atoms with Crippen LogP contribution in [-0.2, 0) is 19.6 Å². The summed E-state index contributed by atoms with van der Waals surface area (Å²) in [7, 11) is -2.44. The summed E-state index contributed by atoms with van der Waals surface area (Å²) in [5, 5.41) is 2.68. The van der Waals surface area contributed by atoms with E-state index in [2.05, 4.69) is 5.32 Å². The molecule has 1 fully saturated rings. The monoisotopic (exact) mass is 446 g/mol. The van der Waals surface area contributed by atoms with Crippen LogP contribution in [0.15, 0.2) is 47.4 Å². The molecule has 0 spiro atoms. The lowest BCUT2D eigenvalue weighted by atomic mass is 10.2. The second-order valence-electron chi connectivity index (χ2n) is 7.38. The van der Waals surface area contributed by atoms with Crippen molar-refractivity contribution in [1.82, 2.24) is 4.31 Å². The summed E-state index contributed by atoms with van der Waals surface area (Å²) in [6.45, 7) is 4.24. The highest BCUT2D eigenvalue weighted by Gasteiger charge is 2.31. The number of nitrogens with zero attached hydrogens (tertiary/aromatic N) is 1. The highest BCUT2D eigenvalue weighted by molar-refractivity contribution is 7.89. The Morgan fingerprint density at radius 1 is 1.06 bits per heavy atom. The van der Waals surface area contributed by atoms with Gasteiger partial charge in [-0.05, 0) is 57.0 Å². The molecule has 1 atom stereocenters. The SMILES string of the molecule is COc1ccc(C(=O)O[C@H](C)C(=O)Nc2ccc(C)cc2)cc1S(=O)(=O)N1CCCC1. The van der Waals surface area contributed by atoms with Crippen LogP contribution < -0.4 is 10.1 Å². The Labute approximate surface area is 182 Å². The van der Waals surface area contributed by atoms with E-state index in [4.69, 9.17) is 9.47 Å². The number of nitrogens with one attached hydrogen (secondary N) is 1. The number of esters is 1. The Balaban J connectivity index is 1.75. The van der Waals surface area contributed by atoms with Crippen LogP contribution in [0.5, 0.6) is 5.75 Å². The Kier molecular flexibility index (Phi) is 6.97. The number of rotatable bonds is 7. The average molecular weight is 447 g/mol. The highest BCUT2D eigenvalue weighted by atomic mass is 32.2. The van der Waals surface area contributed by atoms with Gasteiger partial charge < -0.3 is 14.8 Å². The molecule has 2 aromatic rings. The number of methoxy groups -OCH3 is 1. The summed E-state index contributed by atoms with van der Waals surface area (Å²) in [6.07, 6.45) is 0.503. The van der Waals surface area contributed by atoms with Gasteiger partial charge in [-0.2, -0.15) is 4.31 Å². The summed E-state index contributed by atoms with van der Waals surface area (Å²) in [6, 6.07) is 11.3. The molecule has 1 heterocycles. The van der Waals surface area contributed by atoms with Crippen molar-refractivity contribution in [3.63, 3.8) is 0 Å². The van der Waals surface area contributed by atoms with Crippen molar-refractivity contribution in [1.29, 1.82) is 0 Å². The number of hydrogen-bond donors (Lipinski definition) is 1. The quantitative estimate of drug-likeness (QED) is 0.656. The van der Waals surface area contributed by atoms with Crippen molar-refractivity contribution in [2.45, 2.75) is 37.7 Å². The normalized spacial score (nSPS) is 15.3. The van der Waals surface area contributed by atoms with E-state index in [9.17, 15) is 18.0 Å².